The Morgan fingerprint density at radius 3 is 2.22 bits per heavy atom. The Morgan fingerprint density at radius 2 is 1.70 bits per heavy atom. The molecule has 23 heavy (non-hydrogen) atoms. The Balaban J connectivity index is 1.57. The van der Waals surface area contributed by atoms with Crippen molar-refractivity contribution in [2.45, 2.75) is 25.8 Å². The molecule has 1 atom stereocenters. The highest BCUT2D eigenvalue weighted by molar-refractivity contribution is 5.89. The van der Waals surface area contributed by atoms with Crippen molar-refractivity contribution in [2.24, 2.45) is 5.92 Å². The summed E-state index contributed by atoms with van der Waals surface area (Å²) in [4.78, 5) is 28.0. The van der Waals surface area contributed by atoms with E-state index in [2.05, 4.69) is 11.8 Å². The van der Waals surface area contributed by atoms with Gasteiger partial charge in [0, 0.05) is 38.1 Å². The van der Waals surface area contributed by atoms with E-state index in [1.165, 1.54) is 12.7 Å². The Morgan fingerprint density at radius 1 is 1.09 bits per heavy atom. The number of esters is 1. The summed E-state index contributed by atoms with van der Waals surface area (Å²) in [5.41, 5.74) is 1.75. The standard InChI is InChI=1S/C18H24N2O3/c1-13(14-3-7-16(8-4-14)18(22)23-2)19-9-11-20(12-10-19)17(21)15-5-6-15/h3-4,7-8,13,15H,5-6,9-12H2,1-2H3/t13-/m1/s1. The Bertz CT molecular complexity index is 572. The molecule has 1 amide bonds. The molecule has 5 nitrogen and oxygen atoms in total. The predicted molar refractivity (Wildman–Crippen MR) is 87.1 cm³/mol. The topological polar surface area (TPSA) is 49.9 Å². The van der Waals surface area contributed by atoms with E-state index < -0.39 is 0 Å². The van der Waals surface area contributed by atoms with Crippen LogP contribution in [0.4, 0.5) is 0 Å². The molecule has 3 rings (SSSR count). The van der Waals surface area contributed by atoms with Crippen LogP contribution in [0, 0.1) is 5.92 Å². The highest BCUT2D eigenvalue weighted by Gasteiger charge is 2.35. The number of carbonyl (C=O) groups excluding carboxylic acids is 2. The number of amides is 1. The van der Waals surface area contributed by atoms with Crippen LogP contribution in [0.5, 0.6) is 0 Å². The number of carbonyl (C=O) groups is 2. The maximum Gasteiger partial charge on any atom is 0.337 e. The third kappa shape index (κ3) is 3.55. The Hall–Kier alpha value is -1.88. The van der Waals surface area contributed by atoms with Gasteiger partial charge in [0.15, 0.2) is 0 Å². The van der Waals surface area contributed by atoms with E-state index in [-0.39, 0.29) is 12.0 Å². The second-order valence-electron chi connectivity index (χ2n) is 6.43. The lowest BCUT2D eigenvalue weighted by atomic mass is 10.0. The van der Waals surface area contributed by atoms with E-state index in [0.29, 0.717) is 17.4 Å². The van der Waals surface area contributed by atoms with Crippen molar-refractivity contribution in [3.63, 3.8) is 0 Å². The van der Waals surface area contributed by atoms with Crippen molar-refractivity contribution in [1.29, 1.82) is 0 Å². The maximum absolute atomic E-state index is 12.1. The van der Waals surface area contributed by atoms with Crippen LogP contribution < -0.4 is 0 Å². The molecular formula is C18H24N2O3. The summed E-state index contributed by atoms with van der Waals surface area (Å²) < 4.78 is 4.72. The van der Waals surface area contributed by atoms with Crippen molar-refractivity contribution < 1.29 is 14.3 Å². The molecule has 0 unspecified atom stereocenters. The minimum Gasteiger partial charge on any atom is -0.465 e. The van der Waals surface area contributed by atoms with Gasteiger partial charge >= 0.3 is 5.97 Å². The average Bonchev–Trinajstić information content (AvgIpc) is 3.45. The molecule has 2 aliphatic rings. The lowest BCUT2D eigenvalue weighted by molar-refractivity contribution is -0.134. The summed E-state index contributed by atoms with van der Waals surface area (Å²) in [5, 5.41) is 0. The number of nitrogens with zero attached hydrogens (tertiary/aromatic N) is 2. The molecule has 1 aromatic carbocycles. The van der Waals surface area contributed by atoms with Crippen molar-refractivity contribution in [3.8, 4) is 0 Å². The number of ether oxygens (including phenoxy) is 1. The van der Waals surface area contributed by atoms with Gasteiger partial charge in [0.1, 0.15) is 0 Å². The summed E-state index contributed by atoms with van der Waals surface area (Å²) in [6.07, 6.45) is 2.14. The largest absolute Gasteiger partial charge is 0.465 e. The lowest BCUT2D eigenvalue weighted by Crippen LogP contribution is -2.49. The van der Waals surface area contributed by atoms with Gasteiger partial charge in [-0.2, -0.15) is 0 Å². The van der Waals surface area contributed by atoms with Gasteiger partial charge < -0.3 is 9.64 Å². The molecule has 0 N–H and O–H groups in total. The molecule has 0 bridgehead atoms. The Kier molecular flexibility index (Phi) is 4.66. The van der Waals surface area contributed by atoms with Crippen LogP contribution in [0.25, 0.3) is 0 Å². The van der Waals surface area contributed by atoms with Crippen LogP contribution in [0.2, 0.25) is 0 Å². The molecule has 0 aromatic heterocycles. The second kappa shape index (κ2) is 6.71. The van der Waals surface area contributed by atoms with Crippen molar-refractivity contribution >= 4 is 11.9 Å². The van der Waals surface area contributed by atoms with Gasteiger partial charge in [0.05, 0.1) is 12.7 Å². The number of piperazine rings is 1. The summed E-state index contributed by atoms with van der Waals surface area (Å²) in [6, 6.07) is 7.87. The van der Waals surface area contributed by atoms with Crippen molar-refractivity contribution in [1.82, 2.24) is 9.80 Å². The van der Waals surface area contributed by atoms with E-state index in [1.54, 1.807) is 0 Å². The zero-order valence-corrected chi connectivity index (χ0v) is 13.8. The van der Waals surface area contributed by atoms with Gasteiger partial charge in [-0.1, -0.05) is 12.1 Å². The first-order valence-corrected chi connectivity index (χ1v) is 8.31. The first-order valence-electron chi connectivity index (χ1n) is 8.31. The van der Waals surface area contributed by atoms with Gasteiger partial charge in [-0.25, -0.2) is 4.79 Å². The molecular weight excluding hydrogens is 292 g/mol. The summed E-state index contributed by atoms with van der Waals surface area (Å²) in [6.45, 7) is 5.61. The normalized spacial score (nSPS) is 20.2. The maximum atomic E-state index is 12.1. The van der Waals surface area contributed by atoms with E-state index in [1.807, 2.05) is 29.2 Å². The van der Waals surface area contributed by atoms with Crippen LogP contribution in [-0.2, 0) is 9.53 Å². The smallest absolute Gasteiger partial charge is 0.337 e. The monoisotopic (exact) mass is 316 g/mol. The summed E-state index contributed by atoms with van der Waals surface area (Å²) in [7, 11) is 1.39. The Labute approximate surface area is 137 Å². The highest BCUT2D eigenvalue weighted by Crippen LogP contribution is 2.31. The van der Waals surface area contributed by atoms with Gasteiger partial charge in [0.2, 0.25) is 5.91 Å². The number of methoxy groups -OCH3 is 1. The molecule has 0 spiro atoms. The summed E-state index contributed by atoms with van der Waals surface area (Å²) >= 11 is 0. The molecule has 1 saturated carbocycles. The quantitative estimate of drug-likeness (QED) is 0.798. The summed E-state index contributed by atoms with van der Waals surface area (Å²) in [5.74, 6) is 0.348. The van der Waals surface area contributed by atoms with Crippen molar-refractivity contribution in [3.05, 3.63) is 35.4 Å². The van der Waals surface area contributed by atoms with Crippen LogP contribution in [0.3, 0.4) is 0 Å². The first-order chi connectivity index (χ1) is 11.1. The molecule has 1 saturated heterocycles. The number of hydrogen-bond acceptors (Lipinski definition) is 4. The van der Waals surface area contributed by atoms with Gasteiger partial charge in [-0.3, -0.25) is 9.69 Å². The van der Waals surface area contributed by atoms with Crippen LogP contribution in [0.15, 0.2) is 24.3 Å². The van der Waals surface area contributed by atoms with Crippen molar-refractivity contribution in [2.75, 3.05) is 33.3 Å². The lowest BCUT2D eigenvalue weighted by Gasteiger charge is -2.38. The fraction of sp³-hybridized carbons (Fsp3) is 0.556. The minimum absolute atomic E-state index is 0.278. The minimum atomic E-state index is -0.309. The van der Waals surface area contributed by atoms with Crippen LogP contribution in [-0.4, -0.2) is 55.0 Å². The third-order valence-corrected chi connectivity index (χ3v) is 4.91. The average molecular weight is 316 g/mol. The molecule has 5 heteroatoms. The highest BCUT2D eigenvalue weighted by atomic mass is 16.5. The molecule has 124 valence electrons. The zero-order valence-electron chi connectivity index (χ0n) is 13.8. The van der Waals surface area contributed by atoms with Crippen LogP contribution >= 0.6 is 0 Å². The molecule has 0 radical (unpaired) electrons. The fourth-order valence-electron chi connectivity index (χ4n) is 3.14. The molecule has 1 aliphatic heterocycles. The van der Waals surface area contributed by atoms with Crippen LogP contribution in [0.1, 0.15) is 41.7 Å². The number of hydrogen-bond donors (Lipinski definition) is 0. The van der Waals surface area contributed by atoms with E-state index in [0.717, 1.165) is 39.0 Å². The second-order valence-corrected chi connectivity index (χ2v) is 6.43. The fourth-order valence-corrected chi connectivity index (χ4v) is 3.14. The van der Waals surface area contributed by atoms with E-state index >= 15 is 0 Å². The predicted octanol–water partition coefficient (Wildman–Crippen LogP) is 2.09. The third-order valence-electron chi connectivity index (χ3n) is 4.91. The molecule has 1 aliphatic carbocycles. The molecule has 2 fully saturated rings. The van der Waals surface area contributed by atoms with Gasteiger partial charge in [0.25, 0.3) is 0 Å². The van der Waals surface area contributed by atoms with Gasteiger partial charge in [-0.15, -0.1) is 0 Å². The number of benzene rings is 1. The first kappa shape index (κ1) is 16.0. The van der Waals surface area contributed by atoms with E-state index in [4.69, 9.17) is 4.74 Å². The molecule has 1 heterocycles. The molecule has 1 aromatic rings. The van der Waals surface area contributed by atoms with E-state index in [9.17, 15) is 9.59 Å². The zero-order chi connectivity index (χ0) is 16.4. The van der Waals surface area contributed by atoms with Gasteiger partial charge in [-0.05, 0) is 37.5 Å². The SMILES string of the molecule is COC(=O)c1ccc([C@@H](C)N2CCN(C(=O)C3CC3)CC2)cc1. The number of rotatable bonds is 4.